The van der Waals surface area contributed by atoms with Gasteiger partial charge in [-0.25, -0.2) is 0 Å². The Labute approximate surface area is 113 Å². The molecule has 0 aliphatic carbocycles. The molecule has 2 heterocycles. The van der Waals surface area contributed by atoms with E-state index in [0.29, 0.717) is 0 Å². The monoisotopic (exact) mass is 263 g/mol. The quantitative estimate of drug-likeness (QED) is 0.898. The van der Waals surface area contributed by atoms with Gasteiger partial charge in [-0.1, -0.05) is 13.8 Å². The van der Waals surface area contributed by atoms with Gasteiger partial charge in [0, 0.05) is 11.9 Å². The van der Waals surface area contributed by atoms with Gasteiger partial charge in [-0.2, -0.15) is 5.10 Å². The summed E-state index contributed by atoms with van der Waals surface area (Å²) in [7, 11) is 2.03. The topological polar surface area (TPSA) is 29.9 Å². The fraction of sp³-hybridized carbons (Fsp3) is 0.500. The maximum absolute atomic E-state index is 4.54. The molecule has 0 saturated heterocycles. The Bertz CT molecular complexity index is 513. The van der Waals surface area contributed by atoms with Crippen LogP contribution in [0.5, 0.6) is 0 Å². The highest BCUT2D eigenvalue weighted by Crippen LogP contribution is 2.26. The third kappa shape index (κ3) is 2.65. The lowest BCUT2D eigenvalue weighted by Gasteiger charge is -2.17. The van der Waals surface area contributed by atoms with Crippen LogP contribution in [0.1, 0.15) is 41.7 Å². The molecule has 0 aliphatic heterocycles. The van der Waals surface area contributed by atoms with Crippen LogP contribution in [0.4, 0.5) is 0 Å². The van der Waals surface area contributed by atoms with Crippen molar-refractivity contribution in [1.82, 2.24) is 15.1 Å². The first-order valence-corrected chi connectivity index (χ1v) is 7.34. The molecule has 1 atom stereocenters. The van der Waals surface area contributed by atoms with Crippen molar-refractivity contribution in [3.63, 3.8) is 0 Å². The van der Waals surface area contributed by atoms with Crippen LogP contribution in [0.15, 0.2) is 17.5 Å². The Morgan fingerprint density at radius 1 is 1.39 bits per heavy atom. The van der Waals surface area contributed by atoms with Crippen molar-refractivity contribution >= 4 is 11.3 Å². The average Bonchev–Trinajstić information content (AvgIpc) is 2.93. The minimum Gasteiger partial charge on any atom is -0.305 e. The maximum atomic E-state index is 4.54. The Kier molecular flexibility index (Phi) is 4.19. The van der Waals surface area contributed by atoms with E-state index in [1.165, 1.54) is 16.1 Å². The van der Waals surface area contributed by atoms with Gasteiger partial charge in [0.15, 0.2) is 0 Å². The summed E-state index contributed by atoms with van der Waals surface area (Å²) in [6.45, 7) is 7.39. The number of thiophene rings is 1. The first-order valence-electron chi connectivity index (χ1n) is 6.46. The summed E-state index contributed by atoms with van der Waals surface area (Å²) in [5.74, 6) is 0. The number of rotatable bonds is 5. The molecular formula is C14H21N3S. The molecule has 0 spiro atoms. The lowest BCUT2D eigenvalue weighted by Crippen LogP contribution is -2.23. The Morgan fingerprint density at radius 2 is 2.17 bits per heavy atom. The molecule has 2 aromatic rings. The molecule has 0 aliphatic rings. The molecule has 1 N–H and O–H groups in total. The van der Waals surface area contributed by atoms with Crippen molar-refractivity contribution in [1.29, 1.82) is 0 Å². The molecule has 18 heavy (non-hydrogen) atoms. The smallest absolute Gasteiger partial charge is 0.0756 e. The Balaban J connectivity index is 2.37. The lowest BCUT2D eigenvalue weighted by atomic mass is 10.1. The second kappa shape index (κ2) is 5.67. The fourth-order valence-corrected chi connectivity index (χ4v) is 2.93. The van der Waals surface area contributed by atoms with E-state index in [2.05, 4.69) is 48.7 Å². The largest absolute Gasteiger partial charge is 0.305 e. The van der Waals surface area contributed by atoms with Crippen LogP contribution in [-0.4, -0.2) is 16.3 Å². The molecule has 0 radical (unpaired) electrons. The minimum absolute atomic E-state index is 0.248. The van der Waals surface area contributed by atoms with E-state index in [4.69, 9.17) is 0 Å². The van der Waals surface area contributed by atoms with Gasteiger partial charge >= 0.3 is 0 Å². The van der Waals surface area contributed by atoms with Gasteiger partial charge in [0.05, 0.1) is 17.4 Å². The molecular weight excluding hydrogens is 242 g/mol. The highest BCUT2D eigenvalue weighted by molar-refractivity contribution is 7.10. The van der Waals surface area contributed by atoms with Crippen LogP contribution in [-0.2, 0) is 13.5 Å². The van der Waals surface area contributed by atoms with Crippen LogP contribution in [0.3, 0.4) is 0 Å². The molecule has 2 rings (SSSR count). The van der Waals surface area contributed by atoms with Gasteiger partial charge in [0.2, 0.25) is 0 Å². The zero-order valence-electron chi connectivity index (χ0n) is 11.5. The lowest BCUT2D eigenvalue weighted by molar-refractivity contribution is 0.572. The van der Waals surface area contributed by atoms with E-state index in [0.717, 1.165) is 18.7 Å². The first-order chi connectivity index (χ1) is 8.65. The van der Waals surface area contributed by atoms with Gasteiger partial charge in [-0.05, 0) is 43.0 Å². The number of hydrogen-bond donors (Lipinski definition) is 1. The first kappa shape index (κ1) is 13.3. The Hall–Kier alpha value is -1.13. The number of nitrogens with zero attached hydrogens (tertiary/aromatic N) is 2. The van der Waals surface area contributed by atoms with Crippen molar-refractivity contribution in [3.05, 3.63) is 39.3 Å². The van der Waals surface area contributed by atoms with E-state index in [1.807, 2.05) is 11.7 Å². The van der Waals surface area contributed by atoms with E-state index >= 15 is 0 Å². The highest BCUT2D eigenvalue weighted by Gasteiger charge is 2.18. The predicted octanol–water partition coefficient (Wildman–Crippen LogP) is 3.05. The average molecular weight is 263 g/mol. The van der Waals surface area contributed by atoms with Crippen LogP contribution < -0.4 is 5.32 Å². The van der Waals surface area contributed by atoms with Crippen molar-refractivity contribution in [2.75, 3.05) is 6.54 Å². The summed E-state index contributed by atoms with van der Waals surface area (Å²) >= 11 is 1.80. The fourth-order valence-electron chi connectivity index (χ4n) is 2.20. The van der Waals surface area contributed by atoms with Crippen molar-refractivity contribution < 1.29 is 0 Å². The van der Waals surface area contributed by atoms with Crippen LogP contribution in [0.2, 0.25) is 0 Å². The number of hydrogen-bond acceptors (Lipinski definition) is 3. The Morgan fingerprint density at radius 3 is 2.67 bits per heavy atom. The molecule has 4 heteroatoms. The van der Waals surface area contributed by atoms with Crippen molar-refractivity contribution in [2.24, 2.45) is 7.05 Å². The maximum Gasteiger partial charge on any atom is 0.0756 e. The summed E-state index contributed by atoms with van der Waals surface area (Å²) < 4.78 is 2.00. The normalized spacial score (nSPS) is 12.9. The van der Waals surface area contributed by atoms with Gasteiger partial charge in [-0.15, -0.1) is 11.3 Å². The van der Waals surface area contributed by atoms with Gasteiger partial charge in [-0.3, -0.25) is 4.68 Å². The van der Waals surface area contributed by atoms with E-state index in [-0.39, 0.29) is 6.04 Å². The number of aromatic nitrogens is 2. The van der Waals surface area contributed by atoms with Crippen molar-refractivity contribution in [2.45, 2.75) is 33.2 Å². The SMILES string of the molecule is CCNC(c1csc(C)c1)c1cc(CC)nn1C. The van der Waals surface area contributed by atoms with Gasteiger partial charge in [0.1, 0.15) is 0 Å². The zero-order chi connectivity index (χ0) is 13.1. The molecule has 0 saturated carbocycles. The minimum atomic E-state index is 0.248. The van der Waals surface area contributed by atoms with Crippen LogP contribution in [0.25, 0.3) is 0 Å². The highest BCUT2D eigenvalue weighted by atomic mass is 32.1. The van der Waals surface area contributed by atoms with Crippen LogP contribution in [0, 0.1) is 6.92 Å². The van der Waals surface area contributed by atoms with Crippen LogP contribution >= 0.6 is 11.3 Å². The molecule has 0 fully saturated rings. The molecule has 0 aromatic carbocycles. The molecule has 98 valence electrons. The molecule has 0 amide bonds. The van der Waals surface area contributed by atoms with Crippen molar-refractivity contribution in [3.8, 4) is 0 Å². The number of aryl methyl sites for hydroxylation is 3. The summed E-state index contributed by atoms with van der Waals surface area (Å²) in [4.78, 5) is 1.35. The molecule has 0 bridgehead atoms. The van der Waals surface area contributed by atoms with E-state index in [1.54, 1.807) is 11.3 Å². The molecule has 3 nitrogen and oxygen atoms in total. The second-order valence-corrected chi connectivity index (χ2v) is 5.63. The molecule has 2 aromatic heterocycles. The standard InChI is InChI=1S/C14H21N3S/c1-5-12-8-13(17(4)16-12)14(15-6-2)11-7-10(3)18-9-11/h7-9,14-15H,5-6H2,1-4H3. The summed E-state index contributed by atoms with van der Waals surface area (Å²) in [6, 6.07) is 4.72. The number of nitrogens with one attached hydrogen (secondary N) is 1. The second-order valence-electron chi connectivity index (χ2n) is 4.52. The van der Waals surface area contributed by atoms with E-state index < -0.39 is 0 Å². The predicted molar refractivity (Wildman–Crippen MR) is 77.2 cm³/mol. The third-order valence-corrected chi connectivity index (χ3v) is 4.00. The zero-order valence-corrected chi connectivity index (χ0v) is 12.3. The molecule has 1 unspecified atom stereocenters. The van der Waals surface area contributed by atoms with E-state index in [9.17, 15) is 0 Å². The summed E-state index contributed by atoms with van der Waals surface area (Å²) in [5, 5.41) is 10.3. The van der Waals surface area contributed by atoms with Gasteiger partial charge in [0.25, 0.3) is 0 Å². The van der Waals surface area contributed by atoms with Gasteiger partial charge < -0.3 is 5.32 Å². The third-order valence-electron chi connectivity index (χ3n) is 3.12. The summed E-state index contributed by atoms with van der Waals surface area (Å²) in [5.41, 5.74) is 3.74. The summed E-state index contributed by atoms with van der Waals surface area (Å²) in [6.07, 6.45) is 0.981.